The van der Waals surface area contributed by atoms with Gasteiger partial charge in [-0.1, -0.05) is 36.4 Å². The maximum Gasteiger partial charge on any atom is 0.341 e. The van der Waals surface area contributed by atoms with Gasteiger partial charge in [-0.25, -0.2) is 9.59 Å². The molecule has 0 saturated heterocycles. The number of carbonyl (C=O) groups is 4. The largest absolute Gasteiger partial charge is 0.478 e. The van der Waals surface area contributed by atoms with E-state index in [2.05, 4.69) is 22.8 Å². The summed E-state index contributed by atoms with van der Waals surface area (Å²) in [6, 6.07) is 17.2. The Morgan fingerprint density at radius 1 is 1.08 bits per heavy atom. The number of benzene rings is 2. The zero-order chi connectivity index (χ0) is 27.8. The van der Waals surface area contributed by atoms with Crippen molar-refractivity contribution in [2.45, 2.75) is 37.0 Å². The third kappa shape index (κ3) is 7.58. The Morgan fingerprint density at radius 2 is 1.87 bits per heavy atom. The maximum atomic E-state index is 12.9. The first-order chi connectivity index (χ1) is 18.8. The third-order valence-corrected chi connectivity index (χ3v) is 8.28. The second-order valence-corrected chi connectivity index (χ2v) is 11.0. The lowest BCUT2D eigenvalue weighted by Crippen LogP contribution is -2.18. The van der Waals surface area contributed by atoms with Crippen molar-refractivity contribution in [2.75, 3.05) is 23.0 Å². The van der Waals surface area contributed by atoms with Gasteiger partial charge >= 0.3 is 11.9 Å². The molecule has 4 rings (SSSR count). The van der Waals surface area contributed by atoms with Gasteiger partial charge in [0.1, 0.15) is 5.00 Å². The van der Waals surface area contributed by atoms with Gasteiger partial charge in [-0.05, 0) is 61.4 Å². The molecule has 202 valence electrons. The van der Waals surface area contributed by atoms with E-state index in [-0.39, 0.29) is 18.3 Å². The number of thioether (sulfide) groups is 1. The molecule has 39 heavy (non-hydrogen) atoms. The highest BCUT2D eigenvalue weighted by Gasteiger charge is 2.30. The maximum absolute atomic E-state index is 12.9. The fourth-order valence-electron chi connectivity index (χ4n) is 4.41. The Balaban J connectivity index is 1.43. The van der Waals surface area contributed by atoms with Gasteiger partial charge in [0.25, 0.3) is 0 Å². The number of carboxylic acids is 1. The summed E-state index contributed by atoms with van der Waals surface area (Å²) in [5.41, 5.74) is 3.17. The van der Waals surface area contributed by atoms with Gasteiger partial charge in [-0.3, -0.25) is 9.59 Å². The fourth-order valence-corrected chi connectivity index (χ4v) is 6.50. The molecular weight excluding hydrogens is 536 g/mol. The number of aliphatic carboxylic acids is 1. The number of carbonyl (C=O) groups excluding carboxylic acids is 3. The van der Waals surface area contributed by atoms with Crippen LogP contribution in [0, 0.1) is 0 Å². The molecule has 1 aliphatic rings. The van der Waals surface area contributed by atoms with E-state index in [1.165, 1.54) is 28.7 Å². The molecule has 0 aliphatic heterocycles. The summed E-state index contributed by atoms with van der Waals surface area (Å²) in [6.07, 6.45) is 4.15. The van der Waals surface area contributed by atoms with Crippen molar-refractivity contribution in [3.05, 3.63) is 88.3 Å². The number of thiophene rings is 1. The molecule has 8 nitrogen and oxygen atoms in total. The average Bonchev–Trinajstić information content (AvgIpc) is 3.28. The quantitative estimate of drug-likeness (QED) is 0.169. The smallest absolute Gasteiger partial charge is 0.341 e. The van der Waals surface area contributed by atoms with Gasteiger partial charge in [-0.15, -0.1) is 23.1 Å². The average molecular weight is 565 g/mol. The first-order valence-electron chi connectivity index (χ1n) is 12.4. The molecule has 0 fully saturated rings. The van der Waals surface area contributed by atoms with Crippen LogP contribution in [0.25, 0.3) is 0 Å². The molecule has 3 aromatic rings. The molecule has 0 saturated carbocycles. The molecule has 0 spiro atoms. The molecule has 1 unspecified atom stereocenters. The van der Waals surface area contributed by atoms with Crippen molar-refractivity contribution in [1.82, 2.24) is 0 Å². The molecule has 1 aromatic heterocycles. The normalized spacial score (nSPS) is 14.4. The van der Waals surface area contributed by atoms with Crippen molar-refractivity contribution >= 4 is 57.5 Å². The van der Waals surface area contributed by atoms with Gasteiger partial charge in [0.15, 0.2) is 0 Å². The second kappa shape index (κ2) is 13.3. The highest BCUT2D eigenvalue weighted by Crippen LogP contribution is 2.43. The Morgan fingerprint density at radius 3 is 2.62 bits per heavy atom. The zero-order valence-electron chi connectivity index (χ0n) is 21.3. The SMILES string of the molecule is CCOC(=O)c1c(NC(=O)CSc2cccc(NC(=O)/C=C/C(=O)O)c2)sc2c1CCC(c1ccccc1)C2. The van der Waals surface area contributed by atoms with Crippen LogP contribution in [0.1, 0.15) is 45.6 Å². The summed E-state index contributed by atoms with van der Waals surface area (Å²) < 4.78 is 5.33. The van der Waals surface area contributed by atoms with Crippen LogP contribution >= 0.6 is 23.1 Å². The summed E-state index contributed by atoms with van der Waals surface area (Å²) >= 11 is 2.72. The van der Waals surface area contributed by atoms with Gasteiger partial charge in [0, 0.05) is 27.6 Å². The molecule has 2 aromatic carbocycles. The predicted octanol–water partition coefficient (Wildman–Crippen LogP) is 5.51. The minimum absolute atomic E-state index is 0.0911. The summed E-state index contributed by atoms with van der Waals surface area (Å²) in [4.78, 5) is 50.1. The predicted molar refractivity (Wildman–Crippen MR) is 153 cm³/mol. The van der Waals surface area contributed by atoms with Crippen LogP contribution in [0.5, 0.6) is 0 Å². The van der Waals surface area contributed by atoms with Gasteiger partial charge < -0.3 is 20.5 Å². The lowest BCUT2D eigenvalue weighted by molar-refractivity contribution is -0.131. The van der Waals surface area contributed by atoms with Crippen LogP contribution in [-0.2, 0) is 32.0 Å². The van der Waals surface area contributed by atoms with Crippen LogP contribution in [0.4, 0.5) is 10.7 Å². The lowest BCUT2D eigenvalue weighted by atomic mass is 9.83. The number of esters is 1. The summed E-state index contributed by atoms with van der Waals surface area (Å²) in [5.74, 6) is -2.01. The Hall–Kier alpha value is -3.89. The van der Waals surface area contributed by atoms with E-state index in [1.807, 2.05) is 18.2 Å². The molecular formula is C29H28N2O6S2. The molecule has 1 aliphatic carbocycles. The number of anilines is 2. The number of fused-ring (bicyclic) bond motifs is 1. The van der Waals surface area contributed by atoms with E-state index < -0.39 is 17.8 Å². The van der Waals surface area contributed by atoms with Crippen molar-refractivity contribution < 1.29 is 29.0 Å². The van der Waals surface area contributed by atoms with Gasteiger partial charge in [-0.2, -0.15) is 0 Å². The number of hydrogen-bond acceptors (Lipinski definition) is 7. The van der Waals surface area contributed by atoms with E-state index >= 15 is 0 Å². The van der Waals surface area contributed by atoms with Crippen molar-refractivity contribution in [3.8, 4) is 0 Å². The molecule has 10 heteroatoms. The minimum atomic E-state index is -1.21. The highest BCUT2D eigenvalue weighted by molar-refractivity contribution is 8.00. The molecule has 0 bridgehead atoms. The number of rotatable bonds is 10. The van der Waals surface area contributed by atoms with E-state index in [1.54, 1.807) is 31.2 Å². The first kappa shape index (κ1) is 28.1. The third-order valence-electron chi connectivity index (χ3n) is 6.12. The van der Waals surface area contributed by atoms with E-state index in [0.717, 1.165) is 46.8 Å². The summed E-state index contributed by atoms with van der Waals surface area (Å²) in [5, 5.41) is 14.7. The molecule has 2 amide bonds. The number of nitrogens with one attached hydrogen (secondary N) is 2. The van der Waals surface area contributed by atoms with Gasteiger partial charge in [0.05, 0.1) is 17.9 Å². The molecule has 0 radical (unpaired) electrons. The fraction of sp³-hybridized carbons (Fsp3) is 0.241. The summed E-state index contributed by atoms with van der Waals surface area (Å²) in [7, 11) is 0. The van der Waals surface area contributed by atoms with E-state index in [4.69, 9.17) is 9.84 Å². The van der Waals surface area contributed by atoms with Crippen LogP contribution < -0.4 is 10.6 Å². The van der Waals surface area contributed by atoms with Crippen LogP contribution in [0.2, 0.25) is 0 Å². The lowest BCUT2D eigenvalue weighted by Gasteiger charge is -2.23. The zero-order valence-corrected chi connectivity index (χ0v) is 22.9. The van der Waals surface area contributed by atoms with Crippen LogP contribution in [0.3, 0.4) is 0 Å². The van der Waals surface area contributed by atoms with Crippen molar-refractivity contribution in [2.24, 2.45) is 0 Å². The van der Waals surface area contributed by atoms with E-state index in [9.17, 15) is 19.2 Å². The summed E-state index contributed by atoms with van der Waals surface area (Å²) in [6.45, 7) is 2.01. The molecule has 1 atom stereocenters. The van der Waals surface area contributed by atoms with Crippen LogP contribution in [0.15, 0.2) is 71.6 Å². The Labute approximate surface area is 234 Å². The number of amides is 2. The monoisotopic (exact) mass is 564 g/mol. The Bertz CT molecular complexity index is 1400. The highest BCUT2D eigenvalue weighted by atomic mass is 32.2. The minimum Gasteiger partial charge on any atom is -0.478 e. The molecule has 3 N–H and O–H groups in total. The second-order valence-electron chi connectivity index (χ2n) is 8.80. The number of ether oxygens (including phenoxy) is 1. The molecule has 1 heterocycles. The Kier molecular flexibility index (Phi) is 9.56. The number of hydrogen-bond donors (Lipinski definition) is 3. The topological polar surface area (TPSA) is 122 Å². The number of carboxylic acid groups (broad SMARTS) is 1. The van der Waals surface area contributed by atoms with Gasteiger partial charge in [0.2, 0.25) is 11.8 Å². The van der Waals surface area contributed by atoms with Crippen LogP contribution in [-0.4, -0.2) is 41.2 Å². The van der Waals surface area contributed by atoms with Crippen molar-refractivity contribution in [1.29, 1.82) is 0 Å². The first-order valence-corrected chi connectivity index (χ1v) is 14.3. The standard InChI is InChI=1S/C29H28N2O6S2/c1-2-37-29(36)27-22-12-11-19(18-7-4-3-5-8-18)15-23(22)39-28(27)31-25(33)17-38-21-10-6-9-20(16-21)30-24(32)13-14-26(34)35/h3-10,13-14,16,19H,2,11-12,15,17H2,1H3,(H,30,32)(H,31,33)(H,34,35)/b14-13+. The van der Waals surface area contributed by atoms with E-state index in [0.29, 0.717) is 22.2 Å². The van der Waals surface area contributed by atoms with Crippen molar-refractivity contribution in [3.63, 3.8) is 0 Å².